The Morgan fingerprint density at radius 3 is 2.90 bits per heavy atom. The minimum Gasteiger partial charge on any atom is -0.492 e. The third-order valence-corrected chi connectivity index (χ3v) is 3.65. The van der Waals surface area contributed by atoms with Gasteiger partial charge in [-0.1, -0.05) is 24.6 Å². The van der Waals surface area contributed by atoms with Gasteiger partial charge >= 0.3 is 0 Å². The molecule has 5 heteroatoms. The molecule has 1 N–H and O–H groups in total. The predicted molar refractivity (Wildman–Crippen MR) is 90.1 cm³/mol. The van der Waals surface area contributed by atoms with E-state index in [0.29, 0.717) is 11.6 Å². The second kappa shape index (κ2) is 8.37. The second-order valence-corrected chi connectivity index (χ2v) is 6.09. The van der Waals surface area contributed by atoms with Crippen molar-refractivity contribution in [2.75, 3.05) is 13.2 Å². The van der Waals surface area contributed by atoms with E-state index in [0.717, 1.165) is 23.2 Å². The van der Waals surface area contributed by atoms with Gasteiger partial charge in [-0.3, -0.25) is 4.98 Å². The van der Waals surface area contributed by atoms with Crippen molar-refractivity contribution < 1.29 is 4.74 Å². The van der Waals surface area contributed by atoms with Crippen LogP contribution < -0.4 is 10.1 Å². The van der Waals surface area contributed by atoms with Crippen LogP contribution >= 0.6 is 27.5 Å². The van der Waals surface area contributed by atoms with Gasteiger partial charge in [0.15, 0.2) is 0 Å². The van der Waals surface area contributed by atoms with Gasteiger partial charge in [-0.25, -0.2) is 0 Å². The Morgan fingerprint density at radius 2 is 2.19 bits per heavy atom. The summed E-state index contributed by atoms with van der Waals surface area (Å²) in [7, 11) is 0. The quantitative estimate of drug-likeness (QED) is 0.798. The zero-order valence-corrected chi connectivity index (χ0v) is 14.2. The zero-order chi connectivity index (χ0) is 15.1. The molecule has 1 unspecified atom stereocenters. The van der Waals surface area contributed by atoms with Crippen LogP contribution in [0.25, 0.3) is 0 Å². The Morgan fingerprint density at radius 1 is 1.33 bits per heavy atom. The average molecular weight is 370 g/mol. The van der Waals surface area contributed by atoms with Gasteiger partial charge in [-0.2, -0.15) is 0 Å². The number of nitrogens with zero attached hydrogens (tertiary/aromatic N) is 1. The SMILES string of the molecule is CCNC(COc1cccc(Cl)c1)Cc1cncc(Br)c1. The monoisotopic (exact) mass is 368 g/mol. The van der Waals surface area contributed by atoms with Crippen molar-refractivity contribution in [1.82, 2.24) is 10.3 Å². The summed E-state index contributed by atoms with van der Waals surface area (Å²) in [5, 5.41) is 4.12. The van der Waals surface area contributed by atoms with E-state index in [2.05, 4.69) is 39.2 Å². The zero-order valence-electron chi connectivity index (χ0n) is 11.9. The molecule has 1 aromatic heterocycles. The molecule has 21 heavy (non-hydrogen) atoms. The number of nitrogens with one attached hydrogen (secondary N) is 1. The fourth-order valence-corrected chi connectivity index (χ4v) is 2.68. The van der Waals surface area contributed by atoms with Crippen molar-refractivity contribution >= 4 is 27.5 Å². The van der Waals surface area contributed by atoms with Crippen molar-refractivity contribution in [1.29, 1.82) is 0 Å². The molecule has 0 saturated heterocycles. The summed E-state index contributed by atoms with van der Waals surface area (Å²) in [4.78, 5) is 4.19. The summed E-state index contributed by atoms with van der Waals surface area (Å²) in [6.45, 7) is 3.57. The summed E-state index contributed by atoms with van der Waals surface area (Å²) in [6, 6.07) is 9.77. The molecule has 112 valence electrons. The minimum absolute atomic E-state index is 0.227. The van der Waals surface area contributed by atoms with E-state index < -0.39 is 0 Å². The van der Waals surface area contributed by atoms with Gasteiger partial charge in [0.2, 0.25) is 0 Å². The maximum atomic E-state index is 5.96. The molecule has 0 amide bonds. The number of hydrogen-bond acceptors (Lipinski definition) is 3. The molecule has 0 bridgehead atoms. The molecule has 0 aliphatic rings. The number of likely N-dealkylation sites (N-methyl/N-ethyl adjacent to an activating group) is 1. The third-order valence-electron chi connectivity index (χ3n) is 2.98. The molecular weight excluding hydrogens is 352 g/mol. The molecule has 1 heterocycles. The largest absolute Gasteiger partial charge is 0.492 e. The van der Waals surface area contributed by atoms with E-state index >= 15 is 0 Å². The van der Waals surface area contributed by atoms with Gasteiger partial charge < -0.3 is 10.1 Å². The fourth-order valence-electron chi connectivity index (χ4n) is 2.08. The van der Waals surface area contributed by atoms with E-state index in [1.54, 1.807) is 6.20 Å². The fraction of sp³-hybridized carbons (Fsp3) is 0.312. The van der Waals surface area contributed by atoms with E-state index in [4.69, 9.17) is 16.3 Å². The Balaban J connectivity index is 1.95. The lowest BCUT2D eigenvalue weighted by Crippen LogP contribution is -2.36. The van der Waals surface area contributed by atoms with Crippen molar-refractivity contribution in [2.24, 2.45) is 0 Å². The summed E-state index contributed by atoms with van der Waals surface area (Å²) in [5.74, 6) is 0.790. The van der Waals surface area contributed by atoms with Crippen LogP contribution in [0.3, 0.4) is 0 Å². The summed E-state index contributed by atoms with van der Waals surface area (Å²) >= 11 is 9.41. The smallest absolute Gasteiger partial charge is 0.120 e. The lowest BCUT2D eigenvalue weighted by Gasteiger charge is -2.18. The number of pyridine rings is 1. The Kier molecular flexibility index (Phi) is 6.49. The molecule has 1 atom stereocenters. The Labute approximate surface area is 138 Å². The van der Waals surface area contributed by atoms with Crippen LogP contribution in [-0.2, 0) is 6.42 Å². The van der Waals surface area contributed by atoms with E-state index in [-0.39, 0.29) is 6.04 Å². The van der Waals surface area contributed by atoms with E-state index in [1.165, 1.54) is 5.56 Å². The van der Waals surface area contributed by atoms with Gasteiger partial charge in [0.25, 0.3) is 0 Å². The molecule has 0 fully saturated rings. The molecule has 0 spiro atoms. The van der Waals surface area contributed by atoms with Gasteiger partial charge in [0.1, 0.15) is 12.4 Å². The van der Waals surface area contributed by atoms with Crippen LogP contribution in [0.15, 0.2) is 47.2 Å². The molecular formula is C16H18BrClN2O. The average Bonchev–Trinajstić information content (AvgIpc) is 2.45. The molecule has 1 aromatic carbocycles. The summed E-state index contributed by atoms with van der Waals surface area (Å²) < 4.78 is 6.82. The van der Waals surface area contributed by atoms with Crippen molar-refractivity contribution in [3.63, 3.8) is 0 Å². The van der Waals surface area contributed by atoms with Crippen molar-refractivity contribution in [2.45, 2.75) is 19.4 Å². The van der Waals surface area contributed by atoms with Crippen LogP contribution in [0.4, 0.5) is 0 Å². The molecule has 0 aliphatic carbocycles. The van der Waals surface area contributed by atoms with Gasteiger partial charge in [0.05, 0.1) is 0 Å². The van der Waals surface area contributed by atoms with E-state index in [1.807, 2.05) is 30.5 Å². The van der Waals surface area contributed by atoms with Crippen LogP contribution in [0, 0.1) is 0 Å². The first-order valence-corrected chi connectivity index (χ1v) is 8.05. The number of halogens is 2. The maximum Gasteiger partial charge on any atom is 0.120 e. The molecule has 3 nitrogen and oxygen atoms in total. The normalized spacial score (nSPS) is 12.1. The molecule has 0 aliphatic heterocycles. The lowest BCUT2D eigenvalue weighted by atomic mass is 10.1. The molecule has 2 rings (SSSR count). The number of aromatic nitrogens is 1. The van der Waals surface area contributed by atoms with Crippen molar-refractivity contribution in [3.8, 4) is 5.75 Å². The highest BCUT2D eigenvalue weighted by Gasteiger charge is 2.10. The minimum atomic E-state index is 0.227. The van der Waals surface area contributed by atoms with Crippen LogP contribution in [-0.4, -0.2) is 24.2 Å². The third kappa shape index (κ3) is 5.65. The van der Waals surface area contributed by atoms with E-state index in [9.17, 15) is 0 Å². The number of ether oxygens (including phenoxy) is 1. The van der Waals surface area contributed by atoms with Crippen LogP contribution in [0.5, 0.6) is 5.75 Å². The lowest BCUT2D eigenvalue weighted by molar-refractivity contribution is 0.265. The van der Waals surface area contributed by atoms with Crippen molar-refractivity contribution in [3.05, 3.63) is 57.8 Å². The Bertz CT molecular complexity index is 580. The second-order valence-electron chi connectivity index (χ2n) is 4.74. The maximum absolute atomic E-state index is 5.96. The first-order valence-electron chi connectivity index (χ1n) is 6.88. The predicted octanol–water partition coefficient (Wildman–Crippen LogP) is 4.10. The van der Waals surface area contributed by atoms with Crippen LogP contribution in [0.2, 0.25) is 5.02 Å². The van der Waals surface area contributed by atoms with Gasteiger partial charge in [-0.15, -0.1) is 0 Å². The molecule has 2 aromatic rings. The summed E-state index contributed by atoms with van der Waals surface area (Å²) in [5.41, 5.74) is 1.17. The highest BCUT2D eigenvalue weighted by atomic mass is 79.9. The van der Waals surface area contributed by atoms with Gasteiger partial charge in [-0.05, 0) is 58.7 Å². The summed E-state index contributed by atoms with van der Waals surface area (Å²) in [6.07, 6.45) is 4.53. The highest BCUT2D eigenvalue weighted by molar-refractivity contribution is 9.10. The Hall–Kier alpha value is -1.10. The standard InChI is InChI=1S/C16H18BrClN2O/c1-2-20-15(7-12-6-13(17)10-19-9-12)11-21-16-5-3-4-14(18)8-16/h3-6,8-10,15,20H,2,7,11H2,1H3. The van der Waals surface area contributed by atoms with Gasteiger partial charge in [0, 0.05) is 27.9 Å². The molecule has 0 saturated carbocycles. The first-order chi connectivity index (χ1) is 10.2. The number of rotatable bonds is 7. The number of hydrogen-bond donors (Lipinski definition) is 1. The number of benzene rings is 1. The molecule has 0 radical (unpaired) electrons. The van der Waals surface area contributed by atoms with Crippen LogP contribution in [0.1, 0.15) is 12.5 Å². The topological polar surface area (TPSA) is 34.1 Å². The first kappa shape index (κ1) is 16.3. The highest BCUT2D eigenvalue weighted by Crippen LogP contribution is 2.18.